The maximum absolute atomic E-state index is 14.5. The van der Waals surface area contributed by atoms with Crippen LogP contribution in [0.4, 0.5) is 5.69 Å². The Morgan fingerprint density at radius 1 is 0.932 bits per heavy atom. The first-order chi connectivity index (χ1) is 21.4. The van der Waals surface area contributed by atoms with Gasteiger partial charge in [0.15, 0.2) is 11.5 Å². The number of nitrogens with one attached hydrogen (secondary N) is 2. The summed E-state index contributed by atoms with van der Waals surface area (Å²) >= 11 is 0. The van der Waals surface area contributed by atoms with Crippen molar-refractivity contribution in [3.63, 3.8) is 0 Å². The van der Waals surface area contributed by atoms with Crippen molar-refractivity contribution in [1.82, 2.24) is 10.3 Å². The highest BCUT2D eigenvalue weighted by molar-refractivity contribution is 6.04. The zero-order valence-corrected chi connectivity index (χ0v) is 25.4. The number of benzene rings is 3. The number of nitrogens with zero attached hydrogens (tertiary/aromatic N) is 1. The number of fused-ring (bicyclic) bond motifs is 1. The van der Waals surface area contributed by atoms with Crippen LogP contribution in [0.2, 0.25) is 0 Å². The van der Waals surface area contributed by atoms with Gasteiger partial charge in [-0.1, -0.05) is 49.6 Å². The monoisotopic (exact) mass is 597 g/mol. The number of H-pyrrole nitrogens is 1. The first kappa shape index (κ1) is 30.7. The van der Waals surface area contributed by atoms with Crippen LogP contribution in [0.1, 0.15) is 66.6 Å². The summed E-state index contributed by atoms with van der Waals surface area (Å²) in [6, 6.07) is 18.6. The Morgan fingerprint density at radius 2 is 1.70 bits per heavy atom. The van der Waals surface area contributed by atoms with Gasteiger partial charge >= 0.3 is 5.97 Å². The van der Waals surface area contributed by atoms with Gasteiger partial charge in [0.1, 0.15) is 6.04 Å². The summed E-state index contributed by atoms with van der Waals surface area (Å²) in [7, 11) is 3.07. The van der Waals surface area contributed by atoms with E-state index < -0.39 is 12.0 Å². The number of rotatable bonds is 11. The van der Waals surface area contributed by atoms with Crippen LogP contribution in [0.15, 0.2) is 72.9 Å². The van der Waals surface area contributed by atoms with E-state index in [-0.39, 0.29) is 36.4 Å². The van der Waals surface area contributed by atoms with Crippen LogP contribution in [0, 0.1) is 0 Å². The molecule has 1 atom stereocenters. The van der Waals surface area contributed by atoms with Gasteiger partial charge < -0.3 is 24.5 Å². The number of hydrogen-bond donors (Lipinski definition) is 2. The third-order valence-electron chi connectivity index (χ3n) is 8.10. The Balaban J connectivity index is 1.63. The highest BCUT2D eigenvalue weighted by atomic mass is 16.5. The molecule has 0 saturated heterocycles. The molecule has 1 aliphatic carbocycles. The normalized spacial score (nSPS) is 14.1. The second-order valence-corrected chi connectivity index (χ2v) is 10.9. The maximum atomic E-state index is 14.5. The molecule has 4 aromatic rings. The maximum Gasteiger partial charge on any atom is 0.338 e. The first-order valence-corrected chi connectivity index (χ1v) is 15.1. The molecule has 230 valence electrons. The number of para-hydroxylation sites is 1. The number of methoxy groups -OCH3 is 2. The fourth-order valence-corrected chi connectivity index (χ4v) is 5.93. The van der Waals surface area contributed by atoms with Gasteiger partial charge in [0.2, 0.25) is 11.8 Å². The molecule has 0 radical (unpaired) electrons. The fourth-order valence-electron chi connectivity index (χ4n) is 5.93. The van der Waals surface area contributed by atoms with Crippen LogP contribution < -0.4 is 19.7 Å². The van der Waals surface area contributed by atoms with Crippen LogP contribution >= 0.6 is 0 Å². The van der Waals surface area contributed by atoms with E-state index in [1.54, 1.807) is 56.5 Å². The van der Waals surface area contributed by atoms with Crippen LogP contribution in [0.5, 0.6) is 11.5 Å². The molecule has 1 saturated carbocycles. The van der Waals surface area contributed by atoms with Gasteiger partial charge in [0.25, 0.3) is 0 Å². The van der Waals surface area contributed by atoms with E-state index >= 15 is 0 Å². The SMILES string of the molecule is CCOC(=O)c1cccc(N(C(=O)Cc2c[nH]c3ccccc23)C(C(=O)NC2CCCCC2)c2ccc(OC)c(OC)c2)c1. The molecule has 5 rings (SSSR count). The summed E-state index contributed by atoms with van der Waals surface area (Å²) in [5, 5.41) is 4.16. The molecule has 9 heteroatoms. The summed E-state index contributed by atoms with van der Waals surface area (Å²) in [6.45, 7) is 1.95. The van der Waals surface area contributed by atoms with Crippen molar-refractivity contribution in [3.05, 3.63) is 89.6 Å². The van der Waals surface area contributed by atoms with Crippen LogP contribution in [-0.4, -0.2) is 49.6 Å². The average molecular weight is 598 g/mol. The molecule has 1 unspecified atom stereocenters. The lowest BCUT2D eigenvalue weighted by Gasteiger charge is -2.34. The summed E-state index contributed by atoms with van der Waals surface area (Å²) in [6.07, 6.45) is 6.82. The minimum absolute atomic E-state index is 0.00956. The molecule has 1 aliphatic rings. The zero-order valence-electron chi connectivity index (χ0n) is 25.4. The molecule has 2 N–H and O–H groups in total. The standard InChI is InChI=1S/C35H39N3O6/c1-4-44-35(41)24-11-10-14-27(19-24)38(32(39)21-25-22-36-29-16-9-8-15-28(25)29)33(34(40)37-26-12-6-5-7-13-26)23-17-18-30(42-2)31(20-23)43-3/h8-11,14-20,22,26,33,36H,4-7,12-13,21H2,1-3H3,(H,37,40). The van der Waals surface area contributed by atoms with E-state index in [4.69, 9.17) is 14.2 Å². The highest BCUT2D eigenvalue weighted by Crippen LogP contribution is 2.36. The quantitative estimate of drug-likeness (QED) is 0.201. The molecule has 0 bridgehead atoms. The molecular weight excluding hydrogens is 558 g/mol. The van der Waals surface area contributed by atoms with Gasteiger partial charge in [-0.2, -0.15) is 0 Å². The van der Waals surface area contributed by atoms with Gasteiger partial charge in [0.05, 0.1) is 32.8 Å². The van der Waals surface area contributed by atoms with E-state index in [0.29, 0.717) is 22.7 Å². The number of hydrogen-bond acceptors (Lipinski definition) is 6. The predicted molar refractivity (Wildman–Crippen MR) is 169 cm³/mol. The highest BCUT2D eigenvalue weighted by Gasteiger charge is 2.35. The molecule has 0 spiro atoms. The third kappa shape index (κ3) is 6.72. The summed E-state index contributed by atoms with van der Waals surface area (Å²) in [5.41, 5.74) is 2.95. The lowest BCUT2D eigenvalue weighted by atomic mass is 9.94. The largest absolute Gasteiger partial charge is 0.493 e. The average Bonchev–Trinajstić information content (AvgIpc) is 3.46. The van der Waals surface area contributed by atoms with Gasteiger partial charge in [-0.25, -0.2) is 4.79 Å². The number of aromatic amines is 1. The van der Waals surface area contributed by atoms with E-state index in [1.807, 2.05) is 30.5 Å². The lowest BCUT2D eigenvalue weighted by molar-refractivity contribution is -0.127. The van der Waals surface area contributed by atoms with Gasteiger partial charge in [-0.3, -0.25) is 14.5 Å². The van der Waals surface area contributed by atoms with Gasteiger partial charge in [-0.05, 0) is 67.3 Å². The molecule has 1 heterocycles. The number of carbonyl (C=O) groups is 3. The summed E-state index contributed by atoms with van der Waals surface area (Å²) in [4.78, 5) is 46.3. The van der Waals surface area contributed by atoms with Crippen LogP contribution in [0.3, 0.4) is 0 Å². The van der Waals surface area contributed by atoms with Crippen molar-refractivity contribution in [3.8, 4) is 11.5 Å². The van der Waals surface area contributed by atoms with Gasteiger partial charge in [0, 0.05) is 28.8 Å². The van der Waals surface area contributed by atoms with E-state index in [1.165, 1.54) is 12.0 Å². The Kier molecular flexibility index (Phi) is 9.84. The number of ether oxygens (including phenoxy) is 3. The van der Waals surface area contributed by atoms with E-state index in [9.17, 15) is 14.4 Å². The van der Waals surface area contributed by atoms with Crippen LogP contribution in [0.25, 0.3) is 10.9 Å². The van der Waals surface area contributed by atoms with Crippen molar-refractivity contribution in [2.45, 2.75) is 57.5 Å². The summed E-state index contributed by atoms with van der Waals surface area (Å²) < 4.78 is 16.3. The Labute approximate surface area is 257 Å². The van der Waals surface area contributed by atoms with E-state index in [2.05, 4.69) is 10.3 Å². The smallest absolute Gasteiger partial charge is 0.338 e. The van der Waals surface area contributed by atoms with Crippen molar-refractivity contribution in [1.29, 1.82) is 0 Å². The van der Waals surface area contributed by atoms with Crippen LogP contribution in [-0.2, 0) is 20.7 Å². The molecule has 3 aromatic carbocycles. The molecule has 0 aliphatic heterocycles. The Morgan fingerprint density at radius 3 is 2.45 bits per heavy atom. The molecule has 1 aromatic heterocycles. The fraction of sp³-hybridized carbons (Fsp3) is 0.343. The number of anilines is 1. The van der Waals surface area contributed by atoms with Crippen molar-refractivity contribution in [2.75, 3.05) is 25.7 Å². The number of amides is 2. The number of aromatic nitrogens is 1. The van der Waals surface area contributed by atoms with Crippen molar-refractivity contribution < 1.29 is 28.6 Å². The molecule has 9 nitrogen and oxygen atoms in total. The number of carbonyl (C=O) groups excluding carboxylic acids is 3. The topological polar surface area (TPSA) is 110 Å². The van der Waals surface area contributed by atoms with Gasteiger partial charge in [-0.15, -0.1) is 0 Å². The zero-order chi connectivity index (χ0) is 31.1. The molecular formula is C35H39N3O6. The first-order valence-electron chi connectivity index (χ1n) is 15.1. The molecule has 1 fully saturated rings. The lowest BCUT2D eigenvalue weighted by Crippen LogP contribution is -2.47. The van der Waals surface area contributed by atoms with Crippen molar-refractivity contribution in [2.24, 2.45) is 0 Å². The Hall–Kier alpha value is -4.79. The van der Waals surface area contributed by atoms with Crippen molar-refractivity contribution >= 4 is 34.4 Å². The predicted octanol–water partition coefficient (Wildman–Crippen LogP) is 6.13. The number of esters is 1. The summed E-state index contributed by atoms with van der Waals surface area (Å²) in [5.74, 6) is -0.187. The third-order valence-corrected chi connectivity index (χ3v) is 8.10. The molecule has 44 heavy (non-hydrogen) atoms. The second-order valence-electron chi connectivity index (χ2n) is 10.9. The van der Waals surface area contributed by atoms with E-state index in [0.717, 1.165) is 48.6 Å². The minimum Gasteiger partial charge on any atom is -0.493 e. The second kappa shape index (κ2) is 14.1. The Bertz CT molecular complexity index is 1620. The molecule has 2 amide bonds. The minimum atomic E-state index is -1.06.